The van der Waals surface area contributed by atoms with Gasteiger partial charge < -0.3 is 4.90 Å². The van der Waals surface area contributed by atoms with E-state index in [0.29, 0.717) is 11.8 Å². The van der Waals surface area contributed by atoms with E-state index in [1.165, 1.54) is 5.56 Å². The molecule has 15 heavy (non-hydrogen) atoms. The summed E-state index contributed by atoms with van der Waals surface area (Å²) >= 11 is 0. The number of para-hydroxylation sites is 1. The number of hydrogen-bond acceptors (Lipinski definition) is 1. The summed E-state index contributed by atoms with van der Waals surface area (Å²) < 4.78 is 0. The number of nitrogens with zero attached hydrogens (tertiary/aromatic N) is 1. The first-order valence-corrected chi connectivity index (χ1v) is 5.75. The van der Waals surface area contributed by atoms with Crippen molar-refractivity contribution in [3.8, 4) is 0 Å². The monoisotopic (exact) mass is 201 g/mol. The molecule has 1 aliphatic heterocycles. The fourth-order valence-electron chi connectivity index (χ4n) is 2.31. The molecule has 1 heterocycles. The third kappa shape index (κ3) is 1.54. The fraction of sp³-hybridized carbons (Fsp3) is 0.462. The van der Waals surface area contributed by atoms with E-state index in [1.807, 2.05) is 11.0 Å². The van der Waals surface area contributed by atoms with E-state index in [-0.39, 0.29) is 0 Å². The minimum absolute atomic E-state index is 0.330. The SMILES string of the molecule is O=C(C1CC1)N1CCCc2ccccc21. The van der Waals surface area contributed by atoms with Crippen LogP contribution in [0.4, 0.5) is 5.69 Å². The van der Waals surface area contributed by atoms with Crippen molar-refractivity contribution in [1.82, 2.24) is 0 Å². The summed E-state index contributed by atoms with van der Waals surface area (Å²) in [6, 6.07) is 8.30. The Morgan fingerprint density at radius 2 is 2.07 bits per heavy atom. The van der Waals surface area contributed by atoms with E-state index in [0.717, 1.165) is 37.9 Å². The van der Waals surface area contributed by atoms with Crippen molar-refractivity contribution >= 4 is 11.6 Å². The lowest BCUT2D eigenvalue weighted by Crippen LogP contribution is -2.36. The Morgan fingerprint density at radius 3 is 2.87 bits per heavy atom. The molecule has 0 atom stereocenters. The summed E-state index contributed by atoms with van der Waals surface area (Å²) in [5, 5.41) is 0. The van der Waals surface area contributed by atoms with E-state index in [2.05, 4.69) is 18.2 Å². The lowest BCUT2D eigenvalue weighted by atomic mass is 10.0. The second-order valence-electron chi connectivity index (χ2n) is 4.50. The Balaban J connectivity index is 1.94. The molecule has 2 aliphatic rings. The molecule has 0 bridgehead atoms. The smallest absolute Gasteiger partial charge is 0.230 e. The molecule has 0 radical (unpaired) electrons. The molecule has 0 N–H and O–H groups in total. The zero-order valence-corrected chi connectivity index (χ0v) is 8.78. The molecule has 1 saturated carbocycles. The summed E-state index contributed by atoms with van der Waals surface area (Å²) in [4.78, 5) is 14.0. The molecule has 3 rings (SSSR count). The number of fused-ring (bicyclic) bond motifs is 1. The van der Waals surface area contributed by atoms with Gasteiger partial charge in [0.25, 0.3) is 0 Å². The lowest BCUT2D eigenvalue weighted by Gasteiger charge is -2.29. The van der Waals surface area contributed by atoms with Gasteiger partial charge in [-0.15, -0.1) is 0 Å². The Morgan fingerprint density at radius 1 is 1.27 bits per heavy atom. The molecule has 1 amide bonds. The van der Waals surface area contributed by atoms with Gasteiger partial charge in [0, 0.05) is 18.2 Å². The number of hydrogen-bond donors (Lipinski definition) is 0. The Kier molecular flexibility index (Phi) is 2.01. The Labute approximate surface area is 89.9 Å². The van der Waals surface area contributed by atoms with Crippen LogP contribution in [0.3, 0.4) is 0 Å². The third-order valence-electron chi connectivity index (χ3n) is 3.30. The van der Waals surface area contributed by atoms with Gasteiger partial charge in [-0.3, -0.25) is 4.79 Å². The van der Waals surface area contributed by atoms with E-state index in [9.17, 15) is 4.79 Å². The predicted octanol–water partition coefficient (Wildman–Crippen LogP) is 2.38. The lowest BCUT2D eigenvalue weighted by molar-refractivity contribution is -0.119. The maximum atomic E-state index is 12.0. The minimum atomic E-state index is 0.330. The number of aryl methyl sites for hydroxylation is 1. The molecule has 1 aromatic rings. The number of carbonyl (C=O) groups is 1. The average Bonchev–Trinajstić information content (AvgIpc) is 3.11. The molecule has 0 spiro atoms. The molecule has 2 heteroatoms. The number of benzene rings is 1. The van der Waals surface area contributed by atoms with Crippen molar-refractivity contribution in [3.05, 3.63) is 29.8 Å². The molecule has 1 aromatic carbocycles. The first kappa shape index (κ1) is 8.96. The molecule has 78 valence electrons. The van der Waals surface area contributed by atoms with Gasteiger partial charge >= 0.3 is 0 Å². The Hall–Kier alpha value is -1.31. The van der Waals surface area contributed by atoms with Gasteiger partial charge in [0.05, 0.1) is 0 Å². The van der Waals surface area contributed by atoms with Gasteiger partial charge in [-0.25, -0.2) is 0 Å². The van der Waals surface area contributed by atoms with Crippen molar-refractivity contribution in [2.45, 2.75) is 25.7 Å². The van der Waals surface area contributed by atoms with Crippen LogP contribution < -0.4 is 4.90 Å². The van der Waals surface area contributed by atoms with Gasteiger partial charge in [-0.2, -0.15) is 0 Å². The van der Waals surface area contributed by atoms with Gasteiger partial charge in [0.15, 0.2) is 0 Å². The number of carbonyl (C=O) groups excluding carboxylic acids is 1. The zero-order chi connectivity index (χ0) is 10.3. The van der Waals surface area contributed by atoms with Crippen LogP contribution in [-0.4, -0.2) is 12.5 Å². The topological polar surface area (TPSA) is 20.3 Å². The van der Waals surface area contributed by atoms with Crippen LogP contribution >= 0.6 is 0 Å². The highest BCUT2D eigenvalue weighted by Gasteiger charge is 2.35. The highest BCUT2D eigenvalue weighted by molar-refractivity contribution is 5.97. The largest absolute Gasteiger partial charge is 0.312 e. The second kappa shape index (κ2) is 3.37. The van der Waals surface area contributed by atoms with E-state index in [4.69, 9.17) is 0 Å². The van der Waals surface area contributed by atoms with E-state index in [1.54, 1.807) is 0 Å². The van der Waals surface area contributed by atoms with Gasteiger partial charge in [-0.05, 0) is 37.3 Å². The summed E-state index contributed by atoms with van der Waals surface area (Å²) in [5.74, 6) is 0.679. The van der Waals surface area contributed by atoms with Crippen molar-refractivity contribution in [1.29, 1.82) is 0 Å². The second-order valence-corrected chi connectivity index (χ2v) is 4.50. The molecular formula is C13H15NO. The molecular weight excluding hydrogens is 186 g/mol. The first-order chi connectivity index (χ1) is 7.36. The summed E-state index contributed by atoms with van der Waals surface area (Å²) in [7, 11) is 0. The number of amides is 1. The van der Waals surface area contributed by atoms with Gasteiger partial charge in [0.2, 0.25) is 5.91 Å². The van der Waals surface area contributed by atoms with Crippen molar-refractivity contribution in [2.24, 2.45) is 5.92 Å². The standard InChI is InChI=1S/C13H15NO/c15-13(11-7-8-11)14-9-3-5-10-4-1-2-6-12(10)14/h1-2,4,6,11H,3,5,7-9H2. The third-order valence-corrected chi connectivity index (χ3v) is 3.30. The average molecular weight is 201 g/mol. The van der Waals surface area contributed by atoms with Crippen molar-refractivity contribution < 1.29 is 4.79 Å². The Bertz CT molecular complexity index is 395. The zero-order valence-electron chi connectivity index (χ0n) is 8.78. The molecule has 1 fully saturated rings. The van der Waals surface area contributed by atoms with Gasteiger partial charge in [0.1, 0.15) is 0 Å². The number of anilines is 1. The van der Waals surface area contributed by atoms with Crippen LogP contribution in [0, 0.1) is 5.92 Å². The van der Waals surface area contributed by atoms with Crippen LogP contribution in [-0.2, 0) is 11.2 Å². The number of rotatable bonds is 1. The normalized spacial score (nSPS) is 19.9. The van der Waals surface area contributed by atoms with E-state index < -0.39 is 0 Å². The van der Waals surface area contributed by atoms with Crippen LogP contribution in [0.25, 0.3) is 0 Å². The highest BCUT2D eigenvalue weighted by atomic mass is 16.2. The first-order valence-electron chi connectivity index (χ1n) is 5.75. The summed E-state index contributed by atoms with van der Waals surface area (Å²) in [6.07, 6.45) is 4.41. The van der Waals surface area contributed by atoms with Crippen LogP contribution in [0.1, 0.15) is 24.8 Å². The molecule has 2 nitrogen and oxygen atoms in total. The minimum Gasteiger partial charge on any atom is -0.312 e. The van der Waals surface area contributed by atoms with Gasteiger partial charge in [-0.1, -0.05) is 18.2 Å². The molecule has 0 aromatic heterocycles. The maximum Gasteiger partial charge on any atom is 0.230 e. The van der Waals surface area contributed by atoms with E-state index >= 15 is 0 Å². The molecule has 1 aliphatic carbocycles. The quantitative estimate of drug-likeness (QED) is 0.683. The fourth-order valence-corrected chi connectivity index (χ4v) is 2.31. The summed E-state index contributed by atoms with van der Waals surface area (Å²) in [5.41, 5.74) is 2.48. The summed E-state index contributed by atoms with van der Waals surface area (Å²) in [6.45, 7) is 0.909. The van der Waals surface area contributed by atoms with Crippen LogP contribution in [0.5, 0.6) is 0 Å². The van der Waals surface area contributed by atoms with Crippen molar-refractivity contribution in [3.63, 3.8) is 0 Å². The van der Waals surface area contributed by atoms with Crippen molar-refractivity contribution in [2.75, 3.05) is 11.4 Å². The highest BCUT2D eigenvalue weighted by Crippen LogP contribution is 2.35. The maximum absolute atomic E-state index is 12.0. The molecule has 0 saturated heterocycles. The van der Waals surface area contributed by atoms with Crippen LogP contribution in [0.15, 0.2) is 24.3 Å². The van der Waals surface area contributed by atoms with Crippen LogP contribution in [0.2, 0.25) is 0 Å². The molecule has 0 unspecified atom stereocenters. The predicted molar refractivity (Wildman–Crippen MR) is 59.8 cm³/mol.